The van der Waals surface area contributed by atoms with Gasteiger partial charge in [-0.1, -0.05) is 20.8 Å². The summed E-state index contributed by atoms with van der Waals surface area (Å²) in [6, 6.07) is 0. The summed E-state index contributed by atoms with van der Waals surface area (Å²) in [5.74, 6) is 0.127. The molecule has 0 fully saturated rings. The van der Waals surface area contributed by atoms with Crippen LogP contribution in [0.3, 0.4) is 0 Å². The Kier molecular flexibility index (Phi) is 5.24. The highest BCUT2D eigenvalue weighted by Crippen LogP contribution is 2.43. The van der Waals surface area contributed by atoms with Crippen molar-refractivity contribution in [2.45, 2.75) is 52.1 Å². The SMILES string of the molecule is CCC(COC=O)c1cnc2c(c1I)C(O)CC(C)(C)C2. The minimum atomic E-state index is -0.465. The maximum absolute atomic E-state index is 10.5. The van der Waals surface area contributed by atoms with Gasteiger partial charge < -0.3 is 9.84 Å². The average Bonchev–Trinajstić information content (AvgIpc) is 2.39. The monoisotopic (exact) mass is 403 g/mol. The normalized spacial score (nSPS) is 21.5. The molecule has 0 aromatic carbocycles. The molecule has 116 valence electrons. The lowest BCUT2D eigenvalue weighted by atomic mass is 9.74. The molecule has 5 heteroatoms. The third-order valence-electron chi connectivity index (χ3n) is 4.18. The Morgan fingerprint density at radius 3 is 2.95 bits per heavy atom. The molecule has 0 aliphatic heterocycles. The summed E-state index contributed by atoms with van der Waals surface area (Å²) in [5.41, 5.74) is 3.11. The number of pyridine rings is 1. The van der Waals surface area contributed by atoms with Gasteiger partial charge in [0, 0.05) is 26.9 Å². The number of halogens is 1. The zero-order chi connectivity index (χ0) is 15.6. The van der Waals surface area contributed by atoms with E-state index >= 15 is 0 Å². The predicted molar refractivity (Wildman–Crippen MR) is 89.1 cm³/mol. The molecule has 2 unspecified atom stereocenters. The molecular formula is C16H22INO3. The van der Waals surface area contributed by atoms with Gasteiger partial charge in [-0.2, -0.15) is 0 Å². The first-order valence-corrected chi connectivity index (χ1v) is 8.38. The van der Waals surface area contributed by atoms with Gasteiger partial charge >= 0.3 is 0 Å². The number of fused-ring (bicyclic) bond motifs is 1. The molecule has 1 aromatic heterocycles. The highest BCUT2D eigenvalue weighted by atomic mass is 127. The molecule has 2 atom stereocenters. The van der Waals surface area contributed by atoms with E-state index in [0.717, 1.165) is 39.7 Å². The third kappa shape index (κ3) is 3.56. The first kappa shape index (κ1) is 16.7. The lowest BCUT2D eigenvalue weighted by molar-refractivity contribution is -0.129. The van der Waals surface area contributed by atoms with Crippen molar-refractivity contribution in [2.75, 3.05) is 6.61 Å². The zero-order valence-corrected chi connectivity index (χ0v) is 14.9. The molecule has 0 saturated heterocycles. The van der Waals surface area contributed by atoms with E-state index in [-0.39, 0.29) is 11.3 Å². The van der Waals surface area contributed by atoms with E-state index in [1.807, 2.05) is 6.20 Å². The van der Waals surface area contributed by atoms with Gasteiger partial charge in [-0.25, -0.2) is 0 Å². The van der Waals surface area contributed by atoms with Gasteiger partial charge in [0.2, 0.25) is 0 Å². The van der Waals surface area contributed by atoms with E-state index in [1.54, 1.807) is 0 Å². The van der Waals surface area contributed by atoms with Gasteiger partial charge in [0.1, 0.15) is 0 Å². The van der Waals surface area contributed by atoms with Gasteiger partial charge in [0.15, 0.2) is 0 Å². The fourth-order valence-corrected chi connectivity index (χ4v) is 4.30. The van der Waals surface area contributed by atoms with Crippen molar-refractivity contribution < 1.29 is 14.6 Å². The molecule has 4 nitrogen and oxygen atoms in total. The number of ether oxygens (including phenoxy) is 1. The largest absolute Gasteiger partial charge is 0.467 e. The Hall–Kier alpha value is -0.690. The molecule has 0 radical (unpaired) electrons. The van der Waals surface area contributed by atoms with Crippen molar-refractivity contribution in [3.05, 3.63) is 26.6 Å². The molecule has 0 bridgehead atoms. The van der Waals surface area contributed by atoms with Crippen LogP contribution >= 0.6 is 22.6 Å². The summed E-state index contributed by atoms with van der Waals surface area (Å²) in [6.45, 7) is 7.23. The van der Waals surface area contributed by atoms with E-state index in [2.05, 4.69) is 48.3 Å². The molecule has 1 N–H and O–H groups in total. The number of nitrogens with zero attached hydrogens (tertiary/aromatic N) is 1. The van der Waals surface area contributed by atoms with Crippen LogP contribution in [-0.2, 0) is 16.0 Å². The van der Waals surface area contributed by atoms with Gasteiger partial charge in [-0.05, 0) is 52.8 Å². The van der Waals surface area contributed by atoms with Crippen LogP contribution in [0.2, 0.25) is 0 Å². The van der Waals surface area contributed by atoms with Crippen LogP contribution in [-0.4, -0.2) is 23.2 Å². The summed E-state index contributed by atoms with van der Waals surface area (Å²) < 4.78 is 6.00. The maximum Gasteiger partial charge on any atom is 0.293 e. The fraction of sp³-hybridized carbons (Fsp3) is 0.625. The van der Waals surface area contributed by atoms with E-state index in [9.17, 15) is 9.90 Å². The van der Waals surface area contributed by atoms with Crippen LogP contribution in [0.5, 0.6) is 0 Å². The minimum Gasteiger partial charge on any atom is -0.467 e. The van der Waals surface area contributed by atoms with E-state index in [0.29, 0.717) is 13.1 Å². The first-order valence-electron chi connectivity index (χ1n) is 7.30. The van der Waals surface area contributed by atoms with Crippen molar-refractivity contribution >= 4 is 29.1 Å². The lowest BCUT2D eigenvalue weighted by Crippen LogP contribution is -2.28. The highest BCUT2D eigenvalue weighted by Gasteiger charge is 2.34. The van der Waals surface area contributed by atoms with Gasteiger partial charge in [-0.3, -0.25) is 9.78 Å². The molecule has 1 aliphatic carbocycles. The second kappa shape index (κ2) is 6.60. The number of aromatic nitrogens is 1. The average molecular weight is 403 g/mol. The lowest BCUT2D eigenvalue weighted by Gasteiger charge is -2.35. The van der Waals surface area contributed by atoms with Crippen LogP contribution in [0, 0.1) is 8.99 Å². The Morgan fingerprint density at radius 1 is 1.62 bits per heavy atom. The second-order valence-electron chi connectivity index (χ2n) is 6.48. The molecule has 1 aromatic rings. The van der Waals surface area contributed by atoms with Gasteiger partial charge in [0.05, 0.1) is 12.7 Å². The number of hydrogen-bond donors (Lipinski definition) is 1. The molecule has 21 heavy (non-hydrogen) atoms. The van der Waals surface area contributed by atoms with Crippen molar-refractivity contribution in [3.8, 4) is 0 Å². The standard InChI is InChI=1S/C16H22INO3/c1-4-10(8-21-9-19)11-7-18-12-5-16(2,3)6-13(20)14(12)15(11)17/h7,9-10,13,20H,4-6,8H2,1-3H3. The number of aliphatic hydroxyl groups excluding tert-OH is 1. The van der Waals surface area contributed by atoms with Crippen LogP contribution < -0.4 is 0 Å². The predicted octanol–water partition coefficient (Wildman–Crippen LogP) is 3.36. The molecule has 0 saturated carbocycles. The van der Waals surface area contributed by atoms with E-state index < -0.39 is 6.10 Å². The van der Waals surface area contributed by atoms with Crippen LogP contribution in [0.4, 0.5) is 0 Å². The fourth-order valence-electron chi connectivity index (χ4n) is 3.05. The summed E-state index contributed by atoms with van der Waals surface area (Å²) in [4.78, 5) is 15.0. The van der Waals surface area contributed by atoms with E-state index in [1.165, 1.54) is 0 Å². The smallest absolute Gasteiger partial charge is 0.293 e. The van der Waals surface area contributed by atoms with Gasteiger partial charge in [0.25, 0.3) is 6.47 Å². The molecule has 1 aliphatic rings. The summed E-state index contributed by atoms with van der Waals surface area (Å²) >= 11 is 2.30. The van der Waals surface area contributed by atoms with Crippen molar-refractivity contribution in [2.24, 2.45) is 5.41 Å². The molecule has 0 amide bonds. The first-order chi connectivity index (χ1) is 9.89. The molecule has 0 spiro atoms. The minimum absolute atomic E-state index is 0.0782. The molecule has 2 rings (SSSR count). The molecular weight excluding hydrogens is 381 g/mol. The Morgan fingerprint density at radius 2 is 2.33 bits per heavy atom. The Labute approximate surface area is 139 Å². The number of rotatable bonds is 5. The highest BCUT2D eigenvalue weighted by molar-refractivity contribution is 14.1. The quantitative estimate of drug-likeness (QED) is 0.605. The molecule has 1 heterocycles. The second-order valence-corrected chi connectivity index (χ2v) is 7.56. The van der Waals surface area contributed by atoms with Crippen molar-refractivity contribution in [1.29, 1.82) is 0 Å². The third-order valence-corrected chi connectivity index (χ3v) is 5.39. The van der Waals surface area contributed by atoms with E-state index in [4.69, 9.17) is 4.74 Å². The Bertz CT molecular complexity index is 530. The van der Waals surface area contributed by atoms with Crippen LogP contribution in [0.1, 0.15) is 62.5 Å². The summed E-state index contributed by atoms with van der Waals surface area (Å²) in [7, 11) is 0. The maximum atomic E-state index is 10.5. The van der Waals surface area contributed by atoms with Crippen molar-refractivity contribution in [3.63, 3.8) is 0 Å². The number of aliphatic hydroxyl groups is 1. The summed E-state index contributed by atoms with van der Waals surface area (Å²) in [5, 5.41) is 10.5. The number of carbonyl (C=O) groups excluding carboxylic acids is 1. The summed E-state index contributed by atoms with van der Waals surface area (Å²) in [6.07, 6.45) is 3.93. The van der Waals surface area contributed by atoms with Crippen LogP contribution in [0.15, 0.2) is 6.20 Å². The number of carbonyl (C=O) groups is 1. The number of hydrogen-bond acceptors (Lipinski definition) is 4. The Balaban J connectivity index is 2.39. The van der Waals surface area contributed by atoms with Gasteiger partial charge in [-0.15, -0.1) is 0 Å². The van der Waals surface area contributed by atoms with Crippen LogP contribution in [0.25, 0.3) is 0 Å². The zero-order valence-electron chi connectivity index (χ0n) is 12.7. The topological polar surface area (TPSA) is 59.4 Å². The van der Waals surface area contributed by atoms with Crippen molar-refractivity contribution in [1.82, 2.24) is 4.98 Å².